The molecule has 0 amide bonds. The molecule has 0 bridgehead atoms. The van der Waals surface area contributed by atoms with Crippen molar-refractivity contribution in [2.24, 2.45) is 74.9 Å². The number of nitrogens with zero attached hydrogens (tertiary/aromatic N) is 12. The molecule has 12 N–H and O–H groups in total. The van der Waals surface area contributed by atoms with Gasteiger partial charge in [0.15, 0.2) is 0 Å². The first kappa shape index (κ1) is 96.3. The molecule has 18 rings (SSSR count). The van der Waals surface area contributed by atoms with Gasteiger partial charge in [0.25, 0.3) is 60.1 Å². The average Bonchev–Trinajstić information content (AvgIpc) is 0.943. The number of aromatic nitrogens is 6. The second-order valence-electron chi connectivity index (χ2n) is 30.8. The molecule has 44 heteroatoms. The number of aryl methyl sites for hydroxylation is 7. The average molecular weight is 1930 g/mol. The van der Waals surface area contributed by atoms with Gasteiger partial charge in [0.1, 0.15) is 121 Å². The van der Waals surface area contributed by atoms with E-state index in [9.17, 15) is 50.5 Å². The van der Waals surface area contributed by atoms with E-state index in [1.807, 2.05) is 107 Å². The van der Waals surface area contributed by atoms with Gasteiger partial charge in [0, 0.05) is 31.0 Å². The first-order valence-electron chi connectivity index (χ1n) is 40.8. The quantitative estimate of drug-likeness (QED) is 0.0393. The molecule has 133 heavy (non-hydrogen) atoms. The number of fused-ring (bicyclic) bond motifs is 6. The zero-order chi connectivity index (χ0) is 95.5. The first-order valence-corrected chi connectivity index (χ1v) is 50.5. The van der Waals surface area contributed by atoms with Crippen LogP contribution in [0.25, 0.3) is 0 Å². The van der Waals surface area contributed by atoms with E-state index in [0.717, 1.165) is 63.0 Å². The molecule has 38 nitrogen and oxygen atoms in total. The molecule has 4 aromatic heterocycles. The number of hydrogen-bond donors (Lipinski definition) is 6. The number of amidine groups is 6. The smallest absolute Gasteiger partial charge is 0.259 e. The van der Waals surface area contributed by atoms with E-state index < -0.39 is 60.1 Å². The molecule has 0 aliphatic carbocycles. The number of rotatable bonds is 21. The SMILES string of the molecule is CCc1ccccc1COc1cccc2c1C(N)=NS(=O)(=O)C2.COc1cccc(COc2cccc3c2C(N)=NS(=O)(=O)C3)c1.Cc1cc(C)n(CCOc2cccc3c2C(N)=NS(=O)(=O)C3)n1.Cc1cc(COc2cccc3c2C(N)=NS(=O)(=O)C3)n(C)n1.Cc1cc(COc2cccc3c2C(N)=NS(=O)(=O)C3)nn1C.NC1=NS(=O)(=O)Cc2cccc(OCc3ccoc3)c21. The van der Waals surface area contributed by atoms with Crippen LogP contribution < -0.4 is 67.6 Å². The van der Waals surface area contributed by atoms with Gasteiger partial charge in [-0.1, -0.05) is 116 Å². The van der Waals surface area contributed by atoms with Crippen molar-refractivity contribution < 1.29 is 88.1 Å². The fraction of sp³-hybridized carbons (Fsp3) is 0.247. The third-order valence-corrected chi connectivity index (χ3v) is 27.6. The number of furan rings is 1. The van der Waals surface area contributed by atoms with Gasteiger partial charge in [-0.2, -0.15) is 15.3 Å². The minimum absolute atomic E-state index is 0.00868. The number of benzene rings is 8. The standard InChI is InChI=1S/C17H18N2O3S.C16H16N2O4S.C15H18N4O3S.2C14H16N4O3S.C13H12N2O4S/c1-2-12-6-3-4-7-13(12)10-22-15-9-5-8-14-11-23(20,21)19-17(18)16(14)15;1-21-13-6-2-4-11(8-13)9-22-14-7-3-5-12-10-23(19,20)18-16(17)15(12)14;1-10-8-11(2)19(17-10)6-7-22-13-5-3-4-12-9-23(20,21)18-15(16)14(12)13;1-9-6-11(16-18(9)2)7-21-12-5-3-4-10-8-22(19,20)17-14(15)13(10)12;1-9-6-11(18(2)16-9)7-21-12-5-3-4-10-8-22(19,20)17-14(15)13(10)12;14-13-12-10(8-20(16,17)15-13)2-1-3-11(12)19-7-9-4-5-18-6-9/h3-9H,2,10-11H2,1H3,(H2,18,19);2-8H,9-10H2,1H3,(H2,17,18);3-5,8H,6-7,9H2,1-2H3,(H2,16,18);2*3-6H,7-8H2,1-2H3,(H2,15,17);1-6H,7-8H2,(H2,14,15). The Morgan fingerprint density at radius 2 is 0.714 bits per heavy atom. The van der Waals surface area contributed by atoms with Crippen LogP contribution in [0.3, 0.4) is 0 Å². The lowest BCUT2D eigenvalue weighted by Gasteiger charge is -2.18. The van der Waals surface area contributed by atoms with Gasteiger partial charge < -0.3 is 72.0 Å². The third-order valence-electron chi connectivity index (χ3n) is 20.7. The lowest BCUT2D eigenvalue weighted by Crippen LogP contribution is -2.25. The normalized spacial score (nSPS) is 15.8. The first-order chi connectivity index (χ1) is 63.1. The molecule has 0 saturated carbocycles. The van der Waals surface area contributed by atoms with Crippen LogP contribution in [-0.2, 0) is 155 Å². The van der Waals surface area contributed by atoms with Crippen molar-refractivity contribution in [1.29, 1.82) is 0 Å². The topological polar surface area (TPSA) is 566 Å². The van der Waals surface area contributed by atoms with Gasteiger partial charge >= 0.3 is 0 Å². The Kier molecular flexibility index (Phi) is 29.5. The van der Waals surface area contributed by atoms with Crippen molar-refractivity contribution in [3.05, 3.63) is 318 Å². The molecule has 6 aliphatic heterocycles. The minimum Gasteiger partial charge on any atom is -0.497 e. The summed E-state index contributed by atoms with van der Waals surface area (Å²) < 4.78 is 211. The Labute approximate surface area is 769 Å². The second-order valence-corrected chi connectivity index (χ2v) is 40.6. The summed E-state index contributed by atoms with van der Waals surface area (Å²) in [6.07, 6.45) is 4.06. The van der Waals surface area contributed by atoms with Crippen LogP contribution in [0.2, 0.25) is 0 Å². The lowest BCUT2D eigenvalue weighted by atomic mass is 10.1. The second kappa shape index (κ2) is 40.7. The fourth-order valence-electron chi connectivity index (χ4n) is 14.8. The molecule has 6 aliphatic rings. The Hall–Kier alpha value is -14.2. The van der Waals surface area contributed by atoms with E-state index in [1.165, 1.54) is 5.56 Å². The molecular formula is C89H96N18O20S6. The predicted octanol–water partition coefficient (Wildman–Crippen LogP) is 8.45. The summed E-state index contributed by atoms with van der Waals surface area (Å²) in [6, 6.07) is 54.6. The molecule has 10 heterocycles. The maximum absolute atomic E-state index is 11.7. The van der Waals surface area contributed by atoms with Gasteiger partial charge in [-0.25, -0.2) is 50.5 Å². The largest absolute Gasteiger partial charge is 0.497 e. The van der Waals surface area contributed by atoms with E-state index in [2.05, 4.69) is 54.7 Å². The molecule has 0 spiro atoms. The Balaban J connectivity index is 0.000000136. The lowest BCUT2D eigenvalue weighted by molar-refractivity contribution is 0.289. The van der Waals surface area contributed by atoms with Crippen LogP contribution in [0, 0.1) is 27.7 Å². The summed E-state index contributed by atoms with van der Waals surface area (Å²) >= 11 is 0. The van der Waals surface area contributed by atoms with E-state index in [1.54, 1.807) is 144 Å². The van der Waals surface area contributed by atoms with Crippen molar-refractivity contribution in [2.45, 2.75) is 115 Å². The molecule has 698 valence electrons. The van der Waals surface area contributed by atoms with Crippen molar-refractivity contribution in [3.8, 4) is 40.2 Å². The monoisotopic (exact) mass is 1930 g/mol. The number of methoxy groups -OCH3 is 1. The number of nitrogens with two attached hydrogens (primary N) is 6. The van der Waals surface area contributed by atoms with Crippen LogP contribution >= 0.6 is 0 Å². The van der Waals surface area contributed by atoms with Gasteiger partial charge in [-0.3, -0.25) is 14.0 Å². The summed E-state index contributed by atoms with van der Waals surface area (Å²) in [4.78, 5) is 0. The molecule has 0 radical (unpaired) electrons. The van der Waals surface area contributed by atoms with Crippen LogP contribution in [0.4, 0.5) is 0 Å². The molecule has 0 unspecified atom stereocenters. The minimum atomic E-state index is -3.55. The Morgan fingerprint density at radius 3 is 1.06 bits per heavy atom. The highest BCUT2D eigenvalue weighted by Crippen LogP contribution is 2.36. The van der Waals surface area contributed by atoms with Crippen molar-refractivity contribution in [1.82, 2.24) is 29.3 Å². The van der Waals surface area contributed by atoms with Crippen LogP contribution in [-0.4, -0.2) is 129 Å². The Bertz CT molecular complexity index is 7360. The summed E-state index contributed by atoms with van der Waals surface area (Å²) in [5, 5.41) is 12.9. The molecule has 0 atom stereocenters. The highest BCUT2D eigenvalue weighted by molar-refractivity contribution is 7.91. The maximum atomic E-state index is 11.7. The summed E-state index contributed by atoms with van der Waals surface area (Å²) in [7, 11) is -15.9. The molecule has 0 fully saturated rings. The molecule has 0 saturated heterocycles. The van der Waals surface area contributed by atoms with E-state index in [4.69, 9.17) is 72.0 Å². The highest BCUT2D eigenvalue weighted by Gasteiger charge is 2.32. The molecule has 8 aromatic carbocycles. The summed E-state index contributed by atoms with van der Waals surface area (Å²) in [5.74, 6) is 2.79. The number of sulfonamides is 6. The van der Waals surface area contributed by atoms with Gasteiger partial charge in [0.05, 0.1) is 111 Å². The predicted molar refractivity (Wildman–Crippen MR) is 501 cm³/mol. The summed E-state index contributed by atoms with van der Waals surface area (Å²) in [6.45, 7) is 12.5. The maximum Gasteiger partial charge on any atom is 0.259 e. The van der Waals surface area contributed by atoms with E-state index in [-0.39, 0.29) is 76.1 Å². The zero-order valence-corrected chi connectivity index (χ0v) is 78.2. The Morgan fingerprint density at radius 1 is 0.353 bits per heavy atom. The van der Waals surface area contributed by atoms with Gasteiger partial charge in [-0.05, 0) is 157 Å². The number of hydrogen-bond acceptors (Lipinski definition) is 29. The number of ether oxygens (including phenoxy) is 7. The van der Waals surface area contributed by atoms with Crippen LogP contribution in [0.15, 0.2) is 225 Å². The van der Waals surface area contributed by atoms with Gasteiger partial charge in [0.2, 0.25) is 0 Å². The summed E-state index contributed by atoms with van der Waals surface area (Å²) in [5.41, 5.74) is 51.6. The zero-order valence-electron chi connectivity index (χ0n) is 73.3. The van der Waals surface area contributed by atoms with Crippen molar-refractivity contribution in [3.63, 3.8) is 0 Å². The van der Waals surface area contributed by atoms with Gasteiger partial charge in [-0.15, -0.1) is 26.4 Å². The van der Waals surface area contributed by atoms with Crippen LogP contribution in [0.1, 0.15) is 130 Å². The third kappa shape index (κ3) is 24.7. The fourth-order valence-corrected chi connectivity index (χ4v) is 21.3. The van der Waals surface area contributed by atoms with Crippen LogP contribution in [0.5, 0.6) is 40.2 Å². The van der Waals surface area contributed by atoms with E-state index >= 15 is 0 Å². The molecular weight excluding hydrogens is 1830 g/mol. The highest BCUT2D eigenvalue weighted by atomic mass is 32.2. The van der Waals surface area contributed by atoms with Crippen molar-refractivity contribution >= 4 is 95.2 Å². The van der Waals surface area contributed by atoms with E-state index in [0.29, 0.717) is 141 Å². The van der Waals surface area contributed by atoms with Crippen molar-refractivity contribution in [2.75, 3.05) is 13.7 Å². The molecule has 12 aromatic rings.